The summed E-state index contributed by atoms with van der Waals surface area (Å²) in [6, 6.07) is 10.2. The average molecular weight is 314 g/mol. The van der Waals surface area contributed by atoms with Gasteiger partial charge in [-0.05, 0) is 44.0 Å². The fourth-order valence-electron chi connectivity index (χ4n) is 2.19. The lowest BCUT2D eigenvalue weighted by Gasteiger charge is -2.17. The number of carbonyl (C=O) groups excluding carboxylic acids is 1. The van der Waals surface area contributed by atoms with Crippen molar-refractivity contribution in [2.45, 2.75) is 33.2 Å². The van der Waals surface area contributed by atoms with Crippen molar-refractivity contribution in [3.05, 3.63) is 58.5 Å². The van der Waals surface area contributed by atoms with E-state index < -0.39 is 6.04 Å². The molecule has 23 heavy (non-hydrogen) atoms. The molecule has 5 nitrogen and oxygen atoms in total. The van der Waals surface area contributed by atoms with E-state index in [0.717, 1.165) is 17.7 Å². The first-order valence-corrected chi connectivity index (χ1v) is 7.75. The van der Waals surface area contributed by atoms with Crippen LogP contribution in [0.15, 0.2) is 47.4 Å². The van der Waals surface area contributed by atoms with E-state index in [1.807, 2.05) is 38.1 Å². The summed E-state index contributed by atoms with van der Waals surface area (Å²) in [5.41, 5.74) is 1.42. The molecule has 1 heterocycles. The number of para-hydroxylation sites is 1. The number of pyridine rings is 1. The van der Waals surface area contributed by atoms with Crippen molar-refractivity contribution in [2.24, 2.45) is 0 Å². The second-order valence-electron chi connectivity index (χ2n) is 5.41. The van der Waals surface area contributed by atoms with Crippen LogP contribution in [0.25, 0.3) is 0 Å². The molecule has 1 aromatic carbocycles. The predicted molar refractivity (Wildman–Crippen MR) is 91.0 cm³/mol. The number of rotatable bonds is 6. The zero-order valence-corrected chi connectivity index (χ0v) is 13.7. The molecule has 0 radical (unpaired) electrons. The lowest BCUT2D eigenvalue weighted by atomic mass is 10.2. The van der Waals surface area contributed by atoms with Crippen molar-refractivity contribution in [3.63, 3.8) is 0 Å². The van der Waals surface area contributed by atoms with Gasteiger partial charge >= 0.3 is 0 Å². The Labute approximate surface area is 135 Å². The topological polar surface area (TPSA) is 60.3 Å². The van der Waals surface area contributed by atoms with Crippen LogP contribution in [0.3, 0.4) is 0 Å². The molecule has 0 bridgehead atoms. The molecule has 1 unspecified atom stereocenters. The molecular weight excluding hydrogens is 292 g/mol. The van der Waals surface area contributed by atoms with Crippen LogP contribution in [0.4, 0.5) is 5.69 Å². The van der Waals surface area contributed by atoms with E-state index in [9.17, 15) is 9.59 Å². The largest absolute Gasteiger partial charge is 0.488 e. The standard InChI is InChI=1S/C18H22N2O3/c1-4-12-23-16-10-7-11-20(18(16)22)14(3)17(21)19-15-9-6-5-8-13(15)2/h5-11,14H,4,12H2,1-3H3,(H,19,21). The summed E-state index contributed by atoms with van der Waals surface area (Å²) in [6.45, 7) is 6.06. The number of benzene rings is 1. The number of hydrogen-bond donors (Lipinski definition) is 1. The van der Waals surface area contributed by atoms with E-state index in [1.165, 1.54) is 4.57 Å². The first-order valence-electron chi connectivity index (χ1n) is 7.75. The summed E-state index contributed by atoms with van der Waals surface area (Å²) in [7, 11) is 0. The summed E-state index contributed by atoms with van der Waals surface area (Å²) in [5.74, 6) is 0.0268. The molecule has 5 heteroatoms. The van der Waals surface area contributed by atoms with Crippen LogP contribution < -0.4 is 15.6 Å². The molecule has 2 rings (SSSR count). The summed E-state index contributed by atoms with van der Waals surface area (Å²) in [4.78, 5) is 24.8. The van der Waals surface area contributed by atoms with Gasteiger partial charge in [-0.3, -0.25) is 9.59 Å². The molecule has 0 saturated carbocycles. The van der Waals surface area contributed by atoms with Crippen LogP contribution in [0, 0.1) is 6.92 Å². The molecule has 1 amide bonds. The minimum Gasteiger partial charge on any atom is -0.488 e. The Hall–Kier alpha value is -2.56. The van der Waals surface area contributed by atoms with Crippen molar-refractivity contribution >= 4 is 11.6 Å². The van der Waals surface area contributed by atoms with Crippen LogP contribution in [-0.4, -0.2) is 17.1 Å². The third-order valence-electron chi connectivity index (χ3n) is 3.60. The Balaban J connectivity index is 2.20. The first-order chi connectivity index (χ1) is 11.0. The van der Waals surface area contributed by atoms with Gasteiger partial charge in [-0.15, -0.1) is 0 Å². The maximum absolute atomic E-state index is 12.4. The summed E-state index contributed by atoms with van der Waals surface area (Å²) in [6.07, 6.45) is 2.42. The van der Waals surface area contributed by atoms with Crippen LogP contribution in [-0.2, 0) is 4.79 Å². The van der Waals surface area contributed by atoms with Crippen molar-refractivity contribution < 1.29 is 9.53 Å². The van der Waals surface area contributed by atoms with Gasteiger partial charge in [0, 0.05) is 11.9 Å². The Morgan fingerprint density at radius 3 is 2.70 bits per heavy atom. The zero-order chi connectivity index (χ0) is 16.8. The molecule has 0 aliphatic rings. The second-order valence-corrected chi connectivity index (χ2v) is 5.41. The van der Waals surface area contributed by atoms with E-state index in [4.69, 9.17) is 4.74 Å². The number of anilines is 1. The van der Waals surface area contributed by atoms with Gasteiger partial charge in [0.05, 0.1) is 6.61 Å². The minimum absolute atomic E-state index is 0.242. The van der Waals surface area contributed by atoms with Crippen LogP contribution in [0.5, 0.6) is 5.75 Å². The normalized spacial score (nSPS) is 11.8. The third kappa shape index (κ3) is 4.00. The van der Waals surface area contributed by atoms with Gasteiger partial charge < -0.3 is 14.6 Å². The summed E-state index contributed by atoms with van der Waals surface area (Å²) in [5, 5.41) is 2.86. The lowest BCUT2D eigenvalue weighted by molar-refractivity contribution is -0.118. The molecule has 0 aliphatic heterocycles. The quantitative estimate of drug-likeness (QED) is 0.891. The Bertz CT molecular complexity index is 737. The van der Waals surface area contributed by atoms with E-state index in [1.54, 1.807) is 25.3 Å². The number of nitrogens with zero attached hydrogens (tertiary/aromatic N) is 1. The molecule has 2 aromatic rings. The van der Waals surface area contributed by atoms with E-state index >= 15 is 0 Å². The Morgan fingerprint density at radius 2 is 2.00 bits per heavy atom. The number of nitrogens with one attached hydrogen (secondary N) is 1. The number of amides is 1. The monoisotopic (exact) mass is 314 g/mol. The molecule has 0 fully saturated rings. The fraction of sp³-hybridized carbons (Fsp3) is 0.333. The van der Waals surface area contributed by atoms with Crippen LogP contribution >= 0.6 is 0 Å². The zero-order valence-electron chi connectivity index (χ0n) is 13.7. The first kappa shape index (κ1) is 16.8. The highest BCUT2D eigenvalue weighted by atomic mass is 16.5. The van der Waals surface area contributed by atoms with Gasteiger partial charge in [0.1, 0.15) is 6.04 Å². The van der Waals surface area contributed by atoms with Gasteiger partial charge in [0.15, 0.2) is 5.75 Å². The Kier molecular flexibility index (Phi) is 5.57. The maximum Gasteiger partial charge on any atom is 0.293 e. The molecule has 1 atom stereocenters. The Morgan fingerprint density at radius 1 is 1.26 bits per heavy atom. The van der Waals surface area contributed by atoms with Gasteiger partial charge in [0.25, 0.3) is 5.56 Å². The highest BCUT2D eigenvalue weighted by molar-refractivity contribution is 5.94. The van der Waals surface area contributed by atoms with Crippen molar-refractivity contribution in [1.82, 2.24) is 4.57 Å². The van der Waals surface area contributed by atoms with Crippen molar-refractivity contribution in [2.75, 3.05) is 11.9 Å². The van der Waals surface area contributed by atoms with Crippen LogP contribution in [0.2, 0.25) is 0 Å². The smallest absolute Gasteiger partial charge is 0.293 e. The number of carbonyl (C=O) groups is 1. The number of hydrogen-bond acceptors (Lipinski definition) is 3. The summed E-state index contributed by atoms with van der Waals surface area (Å²) >= 11 is 0. The number of aryl methyl sites for hydroxylation is 1. The van der Waals surface area contributed by atoms with E-state index in [-0.39, 0.29) is 17.2 Å². The van der Waals surface area contributed by atoms with E-state index in [2.05, 4.69) is 5.32 Å². The predicted octanol–water partition coefficient (Wildman–Crippen LogP) is 3.15. The number of aromatic nitrogens is 1. The molecule has 0 spiro atoms. The molecular formula is C18H22N2O3. The fourth-order valence-corrected chi connectivity index (χ4v) is 2.19. The molecule has 122 valence electrons. The lowest BCUT2D eigenvalue weighted by Crippen LogP contribution is -2.32. The van der Waals surface area contributed by atoms with Gasteiger partial charge in [0.2, 0.25) is 5.91 Å². The third-order valence-corrected chi connectivity index (χ3v) is 3.60. The van der Waals surface area contributed by atoms with Crippen molar-refractivity contribution in [1.29, 1.82) is 0 Å². The molecule has 0 saturated heterocycles. The molecule has 1 aromatic heterocycles. The highest BCUT2D eigenvalue weighted by Crippen LogP contribution is 2.16. The van der Waals surface area contributed by atoms with Gasteiger partial charge in [-0.1, -0.05) is 25.1 Å². The van der Waals surface area contributed by atoms with Gasteiger partial charge in [-0.25, -0.2) is 0 Å². The average Bonchev–Trinajstić information content (AvgIpc) is 2.55. The van der Waals surface area contributed by atoms with Gasteiger partial charge in [-0.2, -0.15) is 0 Å². The number of ether oxygens (including phenoxy) is 1. The van der Waals surface area contributed by atoms with Crippen LogP contribution in [0.1, 0.15) is 31.9 Å². The highest BCUT2D eigenvalue weighted by Gasteiger charge is 2.18. The molecule has 1 N–H and O–H groups in total. The maximum atomic E-state index is 12.4. The second kappa shape index (κ2) is 7.63. The molecule has 0 aliphatic carbocycles. The SMILES string of the molecule is CCCOc1cccn(C(C)C(=O)Nc2ccccc2C)c1=O. The minimum atomic E-state index is -0.632. The summed E-state index contributed by atoms with van der Waals surface area (Å²) < 4.78 is 6.82. The van der Waals surface area contributed by atoms with Crippen molar-refractivity contribution in [3.8, 4) is 5.75 Å². The van der Waals surface area contributed by atoms with E-state index in [0.29, 0.717) is 6.61 Å².